The van der Waals surface area contributed by atoms with Crippen molar-refractivity contribution >= 4 is 30.5 Å². The molecule has 0 bridgehead atoms. The molecule has 4 rings (SSSR count). The maximum atomic E-state index is 11.4. The molecule has 1 saturated heterocycles. The first kappa shape index (κ1) is 26.1. The summed E-state index contributed by atoms with van der Waals surface area (Å²) in [6.45, 7) is 10.6. The quantitative estimate of drug-likeness (QED) is 0.424. The average molecular weight is 509 g/mol. The second-order valence-electron chi connectivity index (χ2n) is 10.4. The molecular weight excluding hydrogens is 472 g/mol. The molecule has 35 heavy (non-hydrogen) atoms. The van der Waals surface area contributed by atoms with Crippen molar-refractivity contribution in [2.24, 2.45) is 0 Å². The van der Waals surface area contributed by atoms with Crippen LogP contribution in [0.15, 0.2) is 95.9 Å². The van der Waals surface area contributed by atoms with E-state index in [0.29, 0.717) is 0 Å². The van der Waals surface area contributed by atoms with Crippen molar-refractivity contribution in [3.05, 3.63) is 91.0 Å². The van der Waals surface area contributed by atoms with Crippen LogP contribution in [0.1, 0.15) is 34.6 Å². The van der Waals surface area contributed by atoms with E-state index in [1.54, 1.807) is 11.8 Å². The summed E-state index contributed by atoms with van der Waals surface area (Å²) < 4.78 is 19.3. The van der Waals surface area contributed by atoms with Gasteiger partial charge < -0.3 is 19.0 Å². The smallest absolute Gasteiger partial charge is 0.261 e. The van der Waals surface area contributed by atoms with Gasteiger partial charge in [-0.3, -0.25) is 0 Å². The molecular formula is C29H36O4SSi. The number of aliphatic hydroxyl groups is 1. The Morgan fingerprint density at radius 3 is 1.83 bits per heavy atom. The topological polar surface area (TPSA) is 47.9 Å². The molecule has 3 aromatic rings. The second-order valence-corrected chi connectivity index (χ2v) is 15.9. The van der Waals surface area contributed by atoms with Gasteiger partial charge in [0.25, 0.3) is 8.32 Å². The number of aliphatic hydroxyl groups excluding tert-OH is 1. The normalized spacial score (nSPS) is 21.1. The third-order valence-corrected chi connectivity index (χ3v) is 12.5. The van der Waals surface area contributed by atoms with Gasteiger partial charge in [-0.1, -0.05) is 111 Å². The fraction of sp³-hybridized carbons (Fsp3) is 0.379. The number of benzene rings is 3. The Morgan fingerprint density at radius 1 is 0.857 bits per heavy atom. The zero-order chi connectivity index (χ0) is 25.1. The third-order valence-electron chi connectivity index (χ3n) is 6.35. The van der Waals surface area contributed by atoms with E-state index in [-0.39, 0.29) is 17.1 Å². The number of hydrogen-bond acceptors (Lipinski definition) is 5. The Kier molecular flexibility index (Phi) is 7.91. The first-order chi connectivity index (χ1) is 16.6. The molecule has 0 saturated carbocycles. The predicted octanol–water partition coefficient (Wildman–Crippen LogP) is 5.19. The van der Waals surface area contributed by atoms with Crippen LogP contribution < -0.4 is 10.4 Å². The molecule has 3 atom stereocenters. The van der Waals surface area contributed by atoms with Gasteiger partial charge in [-0.2, -0.15) is 0 Å². The SMILES string of the molecule is CC1(C)O[C@@H]([C@H](O)CO[Si](c2ccccc2)(c2ccccc2)C(C)(C)C)[C@H](Sc2ccccc2)O1. The molecule has 1 fully saturated rings. The molecule has 0 aliphatic carbocycles. The Balaban J connectivity index is 1.63. The van der Waals surface area contributed by atoms with E-state index in [0.717, 1.165) is 4.90 Å². The van der Waals surface area contributed by atoms with Gasteiger partial charge in [-0.15, -0.1) is 0 Å². The highest BCUT2D eigenvalue weighted by Crippen LogP contribution is 2.40. The first-order valence-electron chi connectivity index (χ1n) is 12.1. The van der Waals surface area contributed by atoms with E-state index in [9.17, 15) is 5.11 Å². The van der Waals surface area contributed by atoms with Crippen LogP contribution in [-0.4, -0.2) is 43.5 Å². The Morgan fingerprint density at radius 2 is 1.34 bits per heavy atom. The van der Waals surface area contributed by atoms with Crippen LogP contribution in [0, 0.1) is 0 Å². The average Bonchev–Trinajstić information content (AvgIpc) is 3.14. The summed E-state index contributed by atoms with van der Waals surface area (Å²) in [4.78, 5) is 1.07. The van der Waals surface area contributed by atoms with Crippen molar-refractivity contribution in [2.45, 2.75) is 68.0 Å². The Bertz CT molecular complexity index is 1030. The molecule has 0 unspecified atom stereocenters. The molecule has 0 amide bonds. The number of rotatable bonds is 8. The Hall–Kier alpha value is -1.93. The summed E-state index contributed by atoms with van der Waals surface area (Å²) in [5.41, 5.74) is -0.342. The summed E-state index contributed by atoms with van der Waals surface area (Å²) in [5.74, 6) is -0.782. The zero-order valence-electron chi connectivity index (χ0n) is 21.2. The minimum atomic E-state index is -2.76. The van der Waals surface area contributed by atoms with Crippen LogP contribution >= 0.6 is 11.8 Å². The molecule has 3 aromatic carbocycles. The van der Waals surface area contributed by atoms with Crippen molar-refractivity contribution in [2.75, 3.05) is 6.61 Å². The van der Waals surface area contributed by atoms with E-state index >= 15 is 0 Å². The molecule has 4 nitrogen and oxygen atoms in total. The highest BCUT2D eigenvalue weighted by atomic mass is 32.2. The van der Waals surface area contributed by atoms with E-state index < -0.39 is 26.3 Å². The summed E-state index contributed by atoms with van der Waals surface area (Å²) in [6, 6.07) is 31.0. The van der Waals surface area contributed by atoms with E-state index in [2.05, 4.69) is 69.3 Å². The molecule has 0 radical (unpaired) electrons. The van der Waals surface area contributed by atoms with Crippen molar-refractivity contribution in [1.82, 2.24) is 0 Å². The van der Waals surface area contributed by atoms with Gasteiger partial charge in [-0.05, 0) is 41.4 Å². The van der Waals surface area contributed by atoms with Crippen molar-refractivity contribution in [3.63, 3.8) is 0 Å². The maximum absolute atomic E-state index is 11.4. The molecule has 1 aliphatic heterocycles. The van der Waals surface area contributed by atoms with Crippen LogP contribution in [0.25, 0.3) is 0 Å². The lowest BCUT2D eigenvalue weighted by molar-refractivity contribution is -0.154. The van der Waals surface area contributed by atoms with Gasteiger partial charge in [-0.25, -0.2) is 0 Å². The second kappa shape index (κ2) is 10.6. The fourth-order valence-electron chi connectivity index (χ4n) is 4.81. The van der Waals surface area contributed by atoms with Gasteiger partial charge in [0.2, 0.25) is 0 Å². The lowest BCUT2D eigenvalue weighted by atomic mass is 10.2. The lowest BCUT2D eigenvalue weighted by Crippen LogP contribution is -2.67. The number of ether oxygens (including phenoxy) is 2. The van der Waals surface area contributed by atoms with Gasteiger partial charge in [0.05, 0.1) is 6.61 Å². The molecule has 6 heteroatoms. The van der Waals surface area contributed by atoms with Crippen molar-refractivity contribution in [3.8, 4) is 0 Å². The van der Waals surface area contributed by atoms with Crippen LogP contribution in [0.2, 0.25) is 5.04 Å². The van der Waals surface area contributed by atoms with E-state index in [1.807, 2.05) is 56.3 Å². The minimum absolute atomic E-state index is 0.156. The molecule has 1 heterocycles. The summed E-state index contributed by atoms with van der Waals surface area (Å²) in [6.07, 6.45) is -1.37. The van der Waals surface area contributed by atoms with Crippen LogP contribution in [0.3, 0.4) is 0 Å². The van der Waals surface area contributed by atoms with Gasteiger partial charge in [0.1, 0.15) is 17.6 Å². The monoisotopic (exact) mass is 508 g/mol. The summed E-state index contributed by atoms with van der Waals surface area (Å²) >= 11 is 1.57. The number of hydrogen-bond donors (Lipinski definition) is 1. The fourth-order valence-corrected chi connectivity index (χ4v) is 10.6. The largest absolute Gasteiger partial charge is 0.405 e. The molecule has 1 N–H and O–H groups in total. The number of thioether (sulfide) groups is 1. The standard InChI is InChI=1S/C29H36O4SSi/c1-28(2,3)35(23-17-11-7-12-18-23,24-19-13-8-14-20-24)31-21-25(30)26-27(33-29(4,5)32-26)34-22-15-9-6-10-16-22/h6-20,25-27,30H,21H2,1-5H3/t25-,26+,27+/m1/s1. The molecule has 1 aliphatic rings. The maximum Gasteiger partial charge on any atom is 0.261 e. The lowest BCUT2D eigenvalue weighted by Gasteiger charge is -2.43. The zero-order valence-corrected chi connectivity index (χ0v) is 23.0. The van der Waals surface area contributed by atoms with Crippen molar-refractivity contribution < 1.29 is 19.0 Å². The minimum Gasteiger partial charge on any atom is -0.405 e. The molecule has 186 valence electrons. The summed E-state index contributed by atoms with van der Waals surface area (Å²) in [5, 5.41) is 13.6. The van der Waals surface area contributed by atoms with E-state index in [4.69, 9.17) is 13.9 Å². The first-order valence-corrected chi connectivity index (χ1v) is 14.9. The molecule has 0 aromatic heterocycles. The van der Waals surface area contributed by atoms with Crippen LogP contribution in [-0.2, 0) is 13.9 Å². The van der Waals surface area contributed by atoms with Gasteiger partial charge in [0.15, 0.2) is 5.79 Å². The highest BCUT2D eigenvalue weighted by Gasteiger charge is 2.52. The predicted molar refractivity (Wildman–Crippen MR) is 146 cm³/mol. The Labute approximate surface area is 214 Å². The highest BCUT2D eigenvalue weighted by molar-refractivity contribution is 7.99. The molecule has 0 spiro atoms. The van der Waals surface area contributed by atoms with Crippen LogP contribution in [0.5, 0.6) is 0 Å². The van der Waals surface area contributed by atoms with Crippen LogP contribution in [0.4, 0.5) is 0 Å². The van der Waals surface area contributed by atoms with Gasteiger partial charge >= 0.3 is 0 Å². The van der Waals surface area contributed by atoms with Crippen molar-refractivity contribution in [1.29, 1.82) is 0 Å². The summed E-state index contributed by atoms with van der Waals surface area (Å²) in [7, 11) is -2.76. The van der Waals surface area contributed by atoms with E-state index in [1.165, 1.54) is 10.4 Å². The van der Waals surface area contributed by atoms with Gasteiger partial charge in [0, 0.05) is 4.90 Å². The third kappa shape index (κ3) is 5.74.